The number of fused-ring (bicyclic) bond motifs is 1. The predicted molar refractivity (Wildman–Crippen MR) is 132 cm³/mol. The van der Waals surface area contributed by atoms with Crippen molar-refractivity contribution in [3.05, 3.63) is 89.2 Å². The van der Waals surface area contributed by atoms with Crippen molar-refractivity contribution in [3.63, 3.8) is 0 Å². The molecule has 0 radical (unpaired) electrons. The summed E-state index contributed by atoms with van der Waals surface area (Å²) >= 11 is 0. The molecule has 2 N–H and O–H groups in total. The number of hydrogen-bond donors (Lipinski definition) is 2. The first-order chi connectivity index (χ1) is 16.7. The molecule has 0 bridgehead atoms. The number of nitrogens with zero attached hydrogens (tertiary/aromatic N) is 1. The zero-order valence-corrected chi connectivity index (χ0v) is 20.1. The third-order valence-corrected chi connectivity index (χ3v) is 7.67. The van der Waals surface area contributed by atoms with Crippen molar-refractivity contribution in [1.29, 1.82) is 0 Å². The van der Waals surface area contributed by atoms with Gasteiger partial charge in [0.1, 0.15) is 5.82 Å². The van der Waals surface area contributed by atoms with Crippen molar-refractivity contribution in [2.45, 2.75) is 31.1 Å². The van der Waals surface area contributed by atoms with Crippen molar-refractivity contribution >= 4 is 33.2 Å². The number of benzene rings is 3. The van der Waals surface area contributed by atoms with E-state index in [1.165, 1.54) is 16.4 Å². The highest BCUT2D eigenvalue weighted by Crippen LogP contribution is 2.34. The highest BCUT2D eigenvalue weighted by molar-refractivity contribution is 7.92. The molecule has 0 unspecified atom stereocenters. The summed E-state index contributed by atoms with van der Waals surface area (Å²) in [6.07, 6.45) is 1.84. The van der Waals surface area contributed by atoms with Crippen LogP contribution in [0.2, 0.25) is 0 Å². The SMILES string of the molecule is Cc1ccc(S(=O)(=O)N2CCCc3ccc(NC(=O)C(=O)NCCc4ccc(F)cc4)cc32)cc1. The molecule has 0 saturated carbocycles. The monoisotopic (exact) mass is 495 g/mol. The maximum atomic E-state index is 13.3. The van der Waals surface area contributed by atoms with Gasteiger partial charge >= 0.3 is 11.8 Å². The Morgan fingerprint density at radius 2 is 1.69 bits per heavy atom. The summed E-state index contributed by atoms with van der Waals surface area (Å²) in [5.41, 5.74) is 3.47. The lowest BCUT2D eigenvalue weighted by molar-refractivity contribution is -0.136. The summed E-state index contributed by atoms with van der Waals surface area (Å²) in [6.45, 7) is 2.43. The number of rotatable bonds is 6. The number of halogens is 1. The van der Waals surface area contributed by atoms with E-state index < -0.39 is 21.8 Å². The van der Waals surface area contributed by atoms with Crippen molar-refractivity contribution in [2.75, 3.05) is 22.7 Å². The Labute approximate surface area is 204 Å². The molecule has 1 aliphatic rings. The molecule has 182 valence electrons. The van der Waals surface area contributed by atoms with Crippen LogP contribution in [0.15, 0.2) is 71.6 Å². The van der Waals surface area contributed by atoms with E-state index in [0.29, 0.717) is 37.2 Å². The summed E-state index contributed by atoms with van der Waals surface area (Å²) in [5.74, 6) is -2.01. The molecule has 4 rings (SSSR count). The van der Waals surface area contributed by atoms with Gasteiger partial charge in [-0.25, -0.2) is 12.8 Å². The molecule has 3 aromatic rings. The molecule has 2 amide bonds. The molecule has 1 aliphatic heterocycles. The molecule has 3 aromatic carbocycles. The van der Waals surface area contributed by atoms with Gasteiger partial charge < -0.3 is 10.6 Å². The zero-order chi connectivity index (χ0) is 25.0. The van der Waals surface area contributed by atoms with Crippen molar-refractivity contribution in [1.82, 2.24) is 5.32 Å². The average Bonchev–Trinajstić information content (AvgIpc) is 2.85. The van der Waals surface area contributed by atoms with Crippen LogP contribution >= 0.6 is 0 Å². The van der Waals surface area contributed by atoms with E-state index in [9.17, 15) is 22.4 Å². The minimum absolute atomic E-state index is 0.200. The van der Waals surface area contributed by atoms with Crippen LogP contribution in [0, 0.1) is 12.7 Å². The third-order valence-electron chi connectivity index (χ3n) is 5.85. The van der Waals surface area contributed by atoms with E-state index in [1.807, 2.05) is 6.92 Å². The normalized spacial score (nSPS) is 13.1. The lowest BCUT2D eigenvalue weighted by Gasteiger charge is -2.31. The first-order valence-corrected chi connectivity index (χ1v) is 12.7. The Balaban J connectivity index is 1.44. The fourth-order valence-corrected chi connectivity index (χ4v) is 5.48. The average molecular weight is 496 g/mol. The van der Waals surface area contributed by atoms with Gasteiger partial charge in [0, 0.05) is 18.8 Å². The van der Waals surface area contributed by atoms with Crippen molar-refractivity contribution in [2.24, 2.45) is 0 Å². The van der Waals surface area contributed by atoms with Crippen LogP contribution in [0.25, 0.3) is 0 Å². The molecule has 1 heterocycles. The molecule has 0 spiro atoms. The molecule has 0 atom stereocenters. The Morgan fingerprint density at radius 1 is 0.971 bits per heavy atom. The fraction of sp³-hybridized carbons (Fsp3) is 0.231. The van der Waals surface area contributed by atoms with Gasteiger partial charge in [0.05, 0.1) is 10.6 Å². The topological polar surface area (TPSA) is 95.6 Å². The van der Waals surface area contributed by atoms with Gasteiger partial charge in [0.25, 0.3) is 10.0 Å². The predicted octanol–water partition coefficient (Wildman–Crippen LogP) is 3.57. The molecule has 7 nitrogen and oxygen atoms in total. The largest absolute Gasteiger partial charge is 0.347 e. The van der Waals surface area contributed by atoms with Crippen LogP contribution < -0.4 is 14.9 Å². The Morgan fingerprint density at radius 3 is 2.40 bits per heavy atom. The second-order valence-corrected chi connectivity index (χ2v) is 10.3. The van der Waals surface area contributed by atoms with Gasteiger partial charge in [-0.2, -0.15) is 0 Å². The van der Waals surface area contributed by atoms with E-state index >= 15 is 0 Å². The molecule has 0 aromatic heterocycles. The van der Waals surface area contributed by atoms with Gasteiger partial charge in [0.15, 0.2) is 0 Å². The van der Waals surface area contributed by atoms with Crippen LogP contribution in [0.5, 0.6) is 0 Å². The van der Waals surface area contributed by atoms with Gasteiger partial charge in [-0.05, 0) is 73.7 Å². The van der Waals surface area contributed by atoms with Crippen LogP contribution in [-0.4, -0.2) is 33.3 Å². The molecular formula is C26H26FN3O4S. The van der Waals surface area contributed by atoms with Crippen molar-refractivity contribution < 1.29 is 22.4 Å². The van der Waals surface area contributed by atoms with E-state index in [4.69, 9.17) is 0 Å². The maximum Gasteiger partial charge on any atom is 0.313 e. The summed E-state index contributed by atoms with van der Waals surface area (Å²) in [4.78, 5) is 24.8. The van der Waals surface area contributed by atoms with Crippen LogP contribution in [-0.2, 0) is 32.5 Å². The van der Waals surface area contributed by atoms with E-state index in [-0.39, 0.29) is 17.3 Å². The second kappa shape index (κ2) is 10.3. The number of amides is 2. The standard InChI is InChI=1S/C26H26FN3O4S/c1-18-4-12-23(13-5-18)35(33,34)30-16-2-3-20-8-11-22(17-24(20)30)29-26(32)25(31)28-15-14-19-6-9-21(27)10-7-19/h4-13,17H,2-3,14-16H2,1H3,(H,28,31)(H,29,32). The smallest absolute Gasteiger partial charge is 0.313 e. The Kier molecular flexibility index (Phi) is 7.16. The van der Waals surface area contributed by atoms with Crippen LogP contribution in [0.4, 0.5) is 15.8 Å². The minimum atomic E-state index is -3.78. The van der Waals surface area contributed by atoms with Crippen LogP contribution in [0.3, 0.4) is 0 Å². The lowest BCUT2D eigenvalue weighted by atomic mass is 10.0. The number of aryl methyl sites for hydroxylation is 2. The van der Waals surface area contributed by atoms with Gasteiger partial charge in [-0.15, -0.1) is 0 Å². The first-order valence-electron chi connectivity index (χ1n) is 11.3. The molecule has 0 saturated heterocycles. The molecule has 0 fully saturated rings. The zero-order valence-electron chi connectivity index (χ0n) is 19.3. The fourth-order valence-electron chi connectivity index (χ4n) is 3.95. The van der Waals surface area contributed by atoms with E-state index in [0.717, 1.165) is 16.7 Å². The summed E-state index contributed by atoms with van der Waals surface area (Å²) in [5, 5.41) is 5.08. The minimum Gasteiger partial charge on any atom is -0.347 e. The summed E-state index contributed by atoms with van der Waals surface area (Å²) in [7, 11) is -3.78. The number of carbonyl (C=O) groups excluding carboxylic acids is 2. The number of carbonyl (C=O) groups is 2. The Bertz CT molecular complexity index is 1340. The quantitative estimate of drug-likeness (QED) is 0.511. The third kappa shape index (κ3) is 5.68. The first kappa shape index (κ1) is 24.4. The van der Waals surface area contributed by atoms with Gasteiger partial charge in [0.2, 0.25) is 0 Å². The highest BCUT2D eigenvalue weighted by Gasteiger charge is 2.29. The highest BCUT2D eigenvalue weighted by atomic mass is 32.2. The molecule has 9 heteroatoms. The second-order valence-electron chi connectivity index (χ2n) is 8.42. The molecular weight excluding hydrogens is 469 g/mol. The summed E-state index contributed by atoms with van der Waals surface area (Å²) < 4.78 is 41.0. The van der Waals surface area contributed by atoms with E-state index in [1.54, 1.807) is 54.6 Å². The molecule has 0 aliphatic carbocycles. The number of hydrogen-bond acceptors (Lipinski definition) is 4. The number of sulfonamides is 1. The van der Waals surface area contributed by atoms with E-state index in [2.05, 4.69) is 10.6 Å². The van der Waals surface area contributed by atoms with Gasteiger partial charge in [-0.1, -0.05) is 35.9 Å². The Hall–Kier alpha value is -3.72. The van der Waals surface area contributed by atoms with Crippen LogP contribution in [0.1, 0.15) is 23.1 Å². The lowest BCUT2D eigenvalue weighted by Crippen LogP contribution is -2.37. The maximum absolute atomic E-state index is 13.3. The number of nitrogens with one attached hydrogen (secondary N) is 2. The summed E-state index contributed by atoms with van der Waals surface area (Å²) in [6, 6.07) is 17.6. The van der Waals surface area contributed by atoms with Crippen molar-refractivity contribution in [3.8, 4) is 0 Å². The van der Waals surface area contributed by atoms with Gasteiger partial charge in [-0.3, -0.25) is 13.9 Å². The number of anilines is 2. The molecule has 35 heavy (non-hydrogen) atoms.